The summed E-state index contributed by atoms with van der Waals surface area (Å²) in [5.74, 6) is 0.636. The molecule has 0 aromatic carbocycles. The van der Waals surface area contributed by atoms with Gasteiger partial charge in [0, 0.05) is 12.3 Å². The third kappa shape index (κ3) is 3.81. The number of aromatic nitrogens is 1. The van der Waals surface area contributed by atoms with Crippen molar-refractivity contribution in [3.05, 3.63) is 18.0 Å². The predicted octanol–water partition coefficient (Wildman–Crippen LogP) is 0.751. The summed E-state index contributed by atoms with van der Waals surface area (Å²) >= 11 is 0. The van der Waals surface area contributed by atoms with Crippen LogP contribution >= 0.6 is 0 Å². The average Bonchev–Trinajstić information content (AvgIpc) is 2.38. The summed E-state index contributed by atoms with van der Waals surface area (Å²) in [6.07, 6.45) is 1.93. The molecule has 0 spiro atoms. The first-order valence-electron chi connectivity index (χ1n) is 5.93. The van der Waals surface area contributed by atoms with E-state index in [1.807, 2.05) is 0 Å². The number of hydrogen-bond donors (Lipinski definition) is 1. The first kappa shape index (κ1) is 15.7. The fourth-order valence-electron chi connectivity index (χ4n) is 1.70. The molecule has 0 aliphatic carbocycles. The molecular weight excluding hydrogens is 268 g/mol. The Morgan fingerprint density at radius 1 is 1.37 bits per heavy atom. The molecule has 19 heavy (non-hydrogen) atoms. The summed E-state index contributed by atoms with van der Waals surface area (Å²) in [4.78, 5) is 4.07. The van der Waals surface area contributed by atoms with Crippen molar-refractivity contribution in [3.8, 4) is 11.5 Å². The molecule has 1 rings (SSSR count). The number of methoxy groups -OCH3 is 2. The van der Waals surface area contributed by atoms with Crippen LogP contribution in [-0.2, 0) is 15.6 Å². The molecule has 0 aliphatic heterocycles. The van der Waals surface area contributed by atoms with Crippen molar-refractivity contribution >= 4 is 9.84 Å². The quantitative estimate of drug-likeness (QED) is 0.796. The van der Waals surface area contributed by atoms with Gasteiger partial charge < -0.3 is 15.2 Å². The van der Waals surface area contributed by atoms with Gasteiger partial charge >= 0.3 is 0 Å². The smallest absolute Gasteiger partial charge is 0.183 e. The Balaban J connectivity index is 3.06. The van der Waals surface area contributed by atoms with E-state index in [2.05, 4.69) is 4.98 Å². The normalized spacial score (nSPS) is 13.1. The standard InChI is InChI=1S/C12H20N2O4S/c1-9(4-6-13)19(15,16)8-10-12(18-3)11(17-2)5-7-14-10/h5,7,9H,4,6,8,13H2,1-3H3. The zero-order valence-corrected chi connectivity index (χ0v) is 12.2. The third-order valence-corrected chi connectivity index (χ3v) is 5.03. The number of nitrogens with zero attached hydrogens (tertiary/aromatic N) is 1. The van der Waals surface area contributed by atoms with Crippen molar-refractivity contribution in [2.75, 3.05) is 20.8 Å². The molecule has 6 nitrogen and oxygen atoms in total. The minimum Gasteiger partial charge on any atom is -0.493 e. The van der Waals surface area contributed by atoms with Crippen molar-refractivity contribution < 1.29 is 17.9 Å². The topological polar surface area (TPSA) is 91.5 Å². The van der Waals surface area contributed by atoms with Gasteiger partial charge in [0.15, 0.2) is 21.3 Å². The fraction of sp³-hybridized carbons (Fsp3) is 0.583. The van der Waals surface area contributed by atoms with Gasteiger partial charge in [-0.05, 0) is 19.9 Å². The third-order valence-electron chi connectivity index (χ3n) is 2.89. The van der Waals surface area contributed by atoms with E-state index in [9.17, 15) is 8.42 Å². The van der Waals surface area contributed by atoms with Gasteiger partial charge in [-0.2, -0.15) is 0 Å². The van der Waals surface area contributed by atoms with Gasteiger partial charge in [0.1, 0.15) is 5.69 Å². The van der Waals surface area contributed by atoms with Crippen molar-refractivity contribution in [3.63, 3.8) is 0 Å². The highest BCUT2D eigenvalue weighted by Crippen LogP contribution is 2.30. The first-order chi connectivity index (χ1) is 8.96. The Hall–Kier alpha value is -1.34. The van der Waals surface area contributed by atoms with Gasteiger partial charge in [0.05, 0.1) is 25.2 Å². The van der Waals surface area contributed by atoms with Crippen LogP contribution in [0.4, 0.5) is 0 Å². The van der Waals surface area contributed by atoms with Crippen molar-refractivity contribution in [1.29, 1.82) is 0 Å². The van der Waals surface area contributed by atoms with Crippen molar-refractivity contribution in [2.45, 2.75) is 24.3 Å². The van der Waals surface area contributed by atoms with Gasteiger partial charge in [-0.25, -0.2) is 8.42 Å². The number of nitrogens with two attached hydrogens (primary N) is 1. The van der Waals surface area contributed by atoms with Crippen LogP contribution in [0.3, 0.4) is 0 Å². The SMILES string of the molecule is COc1ccnc(CS(=O)(=O)C(C)CCN)c1OC. The number of hydrogen-bond acceptors (Lipinski definition) is 6. The first-order valence-corrected chi connectivity index (χ1v) is 7.65. The Kier molecular flexibility index (Phi) is 5.56. The van der Waals surface area contributed by atoms with Crippen LogP contribution in [0.2, 0.25) is 0 Å². The maximum absolute atomic E-state index is 12.2. The molecule has 0 saturated carbocycles. The second-order valence-electron chi connectivity index (χ2n) is 4.19. The summed E-state index contributed by atoms with van der Waals surface area (Å²) in [5, 5.41) is -0.504. The lowest BCUT2D eigenvalue weighted by Gasteiger charge is -2.14. The van der Waals surface area contributed by atoms with Crippen LogP contribution in [0.5, 0.6) is 11.5 Å². The molecule has 1 aromatic rings. The van der Waals surface area contributed by atoms with E-state index >= 15 is 0 Å². The zero-order chi connectivity index (χ0) is 14.5. The van der Waals surface area contributed by atoms with Crippen LogP contribution in [0.1, 0.15) is 19.0 Å². The monoisotopic (exact) mass is 288 g/mol. The van der Waals surface area contributed by atoms with E-state index in [1.165, 1.54) is 20.4 Å². The summed E-state index contributed by atoms with van der Waals surface area (Å²) in [7, 11) is -0.361. The van der Waals surface area contributed by atoms with Crippen LogP contribution in [0.25, 0.3) is 0 Å². The highest BCUT2D eigenvalue weighted by molar-refractivity contribution is 7.91. The molecule has 1 unspecified atom stereocenters. The molecule has 1 atom stereocenters. The Labute approximate surface area is 113 Å². The predicted molar refractivity (Wildman–Crippen MR) is 73.1 cm³/mol. The lowest BCUT2D eigenvalue weighted by Crippen LogP contribution is -2.23. The number of sulfone groups is 1. The van der Waals surface area contributed by atoms with E-state index in [4.69, 9.17) is 15.2 Å². The lowest BCUT2D eigenvalue weighted by molar-refractivity contribution is 0.350. The zero-order valence-electron chi connectivity index (χ0n) is 11.4. The molecule has 1 heterocycles. The van der Waals surface area contributed by atoms with E-state index in [0.29, 0.717) is 30.2 Å². The minimum absolute atomic E-state index is 0.186. The molecule has 0 saturated heterocycles. The molecule has 108 valence electrons. The maximum Gasteiger partial charge on any atom is 0.183 e. The number of pyridine rings is 1. The molecule has 1 aromatic heterocycles. The molecule has 0 fully saturated rings. The molecular formula is C12H20N2O4S. The van der Waals surface area contributed by atoms with E-state index in [0.717, 1.165) is 0 Å². The lowest BCUT2D eigenvalue weighted by atomic mass is 10.3. The number of ether oxygens (including phenoxy) is 2. The molecule has 0 aliphatic rings. The molecule has 0 radical (unpaired) electrons. The Morgan fingerprint density at radius 3 is 2.58 bits per heavy atom. The summed E-state index contributed by atoms with van der Waals surface area (Å²) in [5.41, 5.74) is 5.75. The van der Waals surface area contributed by atoms with Crippen LogP contribution < -0.4 is 15.2 Å². The summed E-state index contributed by atoms with van der Waals surface area (Å²) < 4.78 is 34.6. The van der Waals surface area contributed by atoms with Crippen LogP contribution in [-0.4, -0.2) is 39.4 Å². The van der Waals surface area contributed by atoms with Gasteiger partial charge in [-0.1, -0.05) is 0 Å². The van der Waals surface area contributed by atoms with Crippen LogP contribution in [0.15, 0.2) is 12.3 Å². The average molecular weight is 288 g/mol. The van der Waals surface area contributed by atoms with Gasteiger partial charge in [0.2, 0.25) is 0 Å². The molecule has 2 N–H and O–H groups in total. The largest absolute Gasteiger partial charge is 0.493 e. The Morgan fingerprint density at radius 2 is 2.05 bits per heavy atom. The summed E-state index contributed by atoms with van der Waals surface area (Å²) in [6.45, 7) is 1.98. The van der Waals surface area contributed by atoms with E-state index in [1.54, 1.807) is 13.0 Å². The summed E-state index contributed by atoms with van der Waals surface area (Å²) in [6, 6.07) is 1.62. The van der Waals surface area contributed by atoms with Gasteiger partial charge in [-0.15, -0.1) is 0 Å². The van der Waals surface area contributed by atoms with Crippen molar-refractivity contribution in [2.24, 2.45) is 5.73 Å². The maximum atomic E-state index is 12.2. The Bertz CT molecular complexity index is 516. The molecule has 7 heteroatoms. The number of rotatable bonds is 7. The molecule has 0 amide bonds. The van der Waals surface area contributed by atoms with Crippen LogP contribution in [0, 0.1) is 0 Å². The van der Waals surface area contributed by atoms with E-state index < -0.39 is 15.1 Å². The van der Waals surface area contributed by atoms with Gasteiger partial charge in [0.25, 0.3) is 0 Å². The highest BCUT2D eigenvalue weighted by Gasteiger charge is 2.24. The van der Waals surface area contributed by atoms with Gasteiger partial charge in [-0.3, -0.25) is 4.98 Å². The van der Waals surface area contributed by atoms with E-state index in [-0.39, 0.29) is 5.75 Å². The highest BCUT2D eigenvalue weighted by atomic mass is 32.2. The van der Waals surface area contributed by atoms with Crippen molar-refractivity contribution in [1.82, 2.24) is 4.98 Å². The molecule has 0 bridgehead atoms. The second-order valence-corrected chi connectivity index (χ2v) is 6.61. The second kappa shape index (κ2) is 6.72. The fourth-order valence-corrected chi connectivity index (χ4v) is 3.07. The minimum atomic E-state index is -3.31.